The lowest BCUT2D eigenvalue weighted by molar-refractivity contribution is -0.141. The van der Waals surface area contributed by atoms with Crippen LogP contribution in [0.25, 0.3) is 5.57 Å². The molecule has 4 heterocycles. The van der Waals surface area contributed by atoms with Crippen LogP contribution in [0.15, 0.2) is 42.8 Å². The molecule has 0 saturated carbocycles. The largest absolute Gasteiger partial charge is 0.383 e. The van der Waals surface area contributed by atoms with E-state index >= 15 is 0 Å². The van der Waals surface area contributed by atoms with Gasteiger partial charge in [-0.15, -0.1) is 10.2 Å². The molecule has 2 aliphatic heterocycles. The van der Waals surface area contributed by atoms with Crippen molar-refractivity contribution in [1.29, 1.82) is 0 Å². The third kappa shape index (κ3) is 5.79. The molecule has 2 amide bonds. The maximum atomic E-state index is 12.8. The molecule has 9 nitrogen and oxygen atoms in total. The van der Waals surface area contributed by atoms with Gasteiger partial charge < -0.3 is 19.9 Å². The Morgan fingerprint density at radius 2 is 2.03 bits per heavy atom. The molecular formula is C27H34N6O3. The van der Waals surface area contributed by atoms with Gasteiger partial charge in [0.05, 0.1) is 0 Å². The van der Waals surface area contributed by atoms with Gasteiger partial charge in [-0.3, -0.25) is 14.6 Å². The maximum Gasteiger partial charge on any atom is 0.274 e. The number of aromatic nitrogens is 4. The van der Waals surface area contributed by atoms with Gasteiger partial charge >= 0.3 is 0 Å². The summed E-state index contributed by atoms with van der Waals surface area (Å²) in [6, 6.07) is 1.71. The number of aliphatic hydroxyl groups is 1. The molecule has 1 atom stereocenters. The van der Waals surface area contributed by atoms with Gasteiger partial charge in [0.1, 0.15) is 17.6 Å². The van der Waals surface area contributed by atoms with E-state index in [0.29, 0.717) is 31.6 Å². The molecule has 2 aliphatic rings. The van der Waals surface area contributed by atoms with Gasteiger partial charge in [-0.1, -0.05) is 32.6 Å². The fourth-order valence-corrected chi connectivity index (χ4v) is 4.59. The molecule has 0 saturated heterocycles. The molecule has 1 unspecified atom stereocenters. The number of nitrogens with zero attached hydrogens (tertiary/aromatic N) is 5. The third-order valence-electron chi connectivity index (χ3n) is 6.50. The van der Waals surface area contributed by atoms with E-state index in [9.17, 15) is 14.7 Å². The van der Waals surface area contributed by atoms with Crippen molar-refractivity contribution in [2.45, 2.75) is 65.6 Å². The highest BCUT2D eigenvalue weighted by Gasteiger charge is 2.27. The molecule has 2 aromatic rings. The monoisotopic (exact) mass is 490 g/mol. The van der Waals surface area contributed by atoms with E-state index in [1.807, 2.05) is 32.9 Å². The summed E-state index contributed by atoms with van der Waals surface area (Å²) in [5.41, 5.74) is 3.55. The van der Waals surface area contributed by atoms with Crippen LogP contribution >= 0.6 is 0 Å². The first-order valence-corrected chi connectivity index (χ1v) is 12.4. The number of hydrogen-bond acceptors (Lipinski definition) is 6. The fourth-order valence-electron chi connectivity index (χ4n) is 4.59. The van der Waals surface area contributed by atoms with Gasteiger partial charge in [-0.2, -0.15) is 0 Å². The first-order chi connectivity index (χ1) is 17.2. The van der Waals surface area contributed by atoms with Gasteiger partial charge in [0.25, 0.3) is 11.8 Å². The number of allylic oxidation sites excluding steroid dienone is 4. The number of carbonyl (C=O) groups is 2. The van der Waals surface area contributed by atoms with Gasteiger partial charge in [0.2, 0.25) is 0 Å². The topological polar surface area (TPSA) is 113 Å². The van der Waals surface area contributed by atoms with Crippen molar-refractivity contribution in [3.8, 4) is 0 Å². The number of rotatable bonds is 8. The number of nitrogens with one attached hydrogen (secondary N) is 1. The average Bonchev–Trinajstić information content (AvgIpc) is 3.46. The second kappa shape index (κ2) is 11.0. The number of aliphatic hydroxyl groups excluding tert-OH is 1. The van der Waals surface area contributed by atoms with Crippen LogP contribution in [0.4, 0.5) is 0 Å². The van der Waals surface area contributed by atoms with E-state index in [4.69, 9.17) is 0 Å². The Bertz CT molecular complexity index is 1230. The van der Waals surface area contributed by atoms with Crippen molar-refractivity contribution in [1.82, 2.24) is 30.0 Å². The molecule has 2 N–H and O–H groups in total. The number of hydrogen-bond donors (Lipinski definition) is 2. The maximum absolute atomic E-state index is 12.8. The van der Waals surface area contributed by atoms with Gasteiger partial charge in [0, 0.05) is 37.9 Å². The Labute approximate surface area is 211 Å². The molecule has 0 aromatic carbocycles. The zero-order valence-corrected chi connectivity index (χ0v) is 21.2. The molecule has 0 fully saturated rings. The fraction of sp³-hybridized carbons (Fsp3) is 0.444. The van der Waals surface area contributed by atoms with Crippen molar-refractivity contribution in [2.24, 2.45) is 5.92 Å². The molecule has 0 spiro atoms. The lowest BCUT2D eigenvalue weighted by atomic mass is 9.99. The van der Waals surface area contributed by atoms with E-state index in [1.165, 1.54) is 0 Å². The van der Waals surface area contributed by atoms with Crippen molar-refractivity contribution < 1.29 is 14.7 Å². The summed E-state index contributed by atoms with van der Waals surface area (Å²) in [5.74, 6) is 1.48. The smallest absolute Gasteiger partial charge is 0.274 e. The lowest BCUT2D eigenvalue weighted by Gasteiger charge is -2.30. The normalized spacial score (nSPS) is 16.2. The number of pyridine rings is 1. The minimum absolute atomic E-state index is 0.227. The summed E-state index contributed by atoms with van der Waals surface area (Å²) >= 11 is 0. The van der Waals surface area contributed by atoms with Crippen LogP contribution in [0, 0.1) is 5.92 Å². The molecule has 190 valence electrons. The summed E-state index contributed by atoms with van der Waals surface area (Å²) in [5, 5.41) is 21.5. The number of fused-ring (bicyclic) bond motifs is 2. The van der Waals surface area contributed by atoms with E-state index in [0.717, 1.165) is 47.7 Å². The van der Waals surface area contributed by atoms with Crippen LogP contribution in [-0.4, -0.2) is 54.2 Å². The molecular weight excluding hydrogens is 456 g/mol. The SMILES string of the molecule is C=C(/C=C\C=C(/C)c1nnc2n1CCC2)NC(=O)c1cc2c(cn1)CCN(C(=O)C(O)CC(C)C)C2. The highest BCUT2D eigenvalue weighted by molar-refractivity contribution is 5.94. The zero-order chi connectivity index (χ0) is 25.8. The summed E-state index contributed by atoms with van der Waals surface area (Å²) in [7, 11) is 0. The van der Waals surface area contributed by atoms with Crippen molar-refractivity contribution in [3.63, 3.8) is 0 Å². The Hall–Kier alpha value is -3.59. The van der Waals surface area contributed by atoms with Crippen LogP contribution in [0.3, 0.4) is 0 Å². The first kappa shape index (κ1) is 25.5. The quantitative estimate of drug-likeness (QED) is 0.550. The number of amides is 2. The Kier molecular flexibility index (Phi) is 7.79. The molecule has 0 bridgehead atoms. The van der Waals surface area contributed by atoms with Crippen LogP contribution in [0.5, 0.6) is 0 Å². The highest BCUT2D eigenvalue weighted by atomic mass is 16.3. The van der Waals surface area contributed by atoms with Crippen LogP contribution in [-0.2, 0) is 30.7 Å². The summed E-state index contributed by atoms with van der Waals surface area (Å²) in [6.45, 7) is 11.7. The lowest BCUT2D eigenvalue weighted by Crippen LogP contribution is -2.42. The number of aryl methyl sites for hydroxylation is 1. The van der Waals surface area contributed by atoms with Crippen LogP contribution in [0.2, 0.25) is 0 Å². The second-order valence-electron chi connectivity index (χ2n) is 9.88. The zero-order valence-electron chi connectivity index (χ0n) is 21.2. The minimum atomic E-state index is -1.00. The minimum Gasteiger partial charge on any atom is -0.383 e. The van der Waals surface area contributed by atoms with E-state index in [-0.39, 0.29) is 23.4 Å². The molecule has 0 aliphatic carbocycles. The van der Waals surface area contributed by atoms with Crippen molar-refractivity contribution in [2.75, 3.05) is 6.54 Å². The van der Waals surface area contributed by atoms with Crippen molar-refractivity contribution >= 4 is 17.4 Å². The Morgan fingerprint density at radius 3 is 2.81 bits per heavy atom. The number of carbonyl (C=O) groups excluding carboxylic acids is 2. The first-order valence-electron chi connectivity index (χ1n) is 12.4. The Balaban J connectivity index is 1.36. The Morgan fingerprint density at radius 1 is 1.22 bits per heavy atom. The van der Waals surface area contributed by atoms with Crippen LogP contribution < -0.4 is 5.32 Å². The van der Waals surface area contributed by atoms with E-state index < -0.39 is 6.10 Å². The van der Waals surface area contributed by atoms with Crippen molar-refractivity contribution in [3.05, 3.63) is 71.2 Å². The van der Waals surface area contributed by atoms with E-state index in [2.05, 4.69) is 31.6 Å². The predicted octanol–water partition coefficient (Wildman–Crippen LogP) is 2.81. The second-order valence-corrected chi connectivity index (χ2v) is 9.88. The van der Waals surface area contributed by atoms with Gasteiger partial charge in [-0.25, -0.2) is 0 Å². The highest BCUT2D eigenvalue weighted by Crippen LogP contribution is 2.22. The standard InChI is InChI=1S/C27H34N6O3/c1-17(2)13-23(34)27(36)32-12-10-20-15-28-22(14-21(20)16-32)26(35)29-19(4)8-5-7-18(3)25-31-30-24-9-6-11-33(24)25/h5,7-8,14-15,17,23,34H,4,6,9-13,16H2,1-3H3,(H,29,35)/b8-5-,18-7+. The van der Waals surface area contributed by atoms with E-state index in [1.54, 1.807) is 23.2 Å². The average molecular weight is 491 g/mol. The predicted molar refractivity (Wildman–Crippen MR) is 137 cm³/mol. The molecule has 0 radical (unpaired) electrons. The summed E-state index contributed by atoms with van der Waals surface area (Å²) in [6.07, 6.45) is 9.27. The molecule has 9 heteroatoms. The molecule has 36 heavy (non-hydrogen) atoms. The van der Waals surface area contributed by atoms with Gasteiger partial charge in [0.15, 0.2) is 5.82 Å². The van der Waals surface area contributed by atoms with Gasteiger partial charge in [-0.05, 0) is 60.9 Å². The molecule has 2 aromatic heterocycles. The van der Waals surface area contributed by atoms with Crippen LogP contribution in [0.1, 0.15) is 66.9 Å². The summed E-state index contributed by atoms with van der Waals surface area (Å²) < 4.78 is 2.14. The third-order valence-corrected chi connectivity index (χ3v) is 6.50. The molecule has 4 rings (SSSR count). The summed E-state index contributed by atoms with van der Waals surface area (Å²) in [4.78, 5) is 31.4.